The molecule has 0 unspecified atom stereocenters. The number of hydrogen-bond acceptors (Lipinski definition) is 11. The first-order valence-electron chi connectivity index (χ1n) is 12.8. The van der Waals surface area contributed by atoms with Gasteiger partial charge in [-0.25, -0.2) is 9.59 Å². The molecule has 0 fully saturated rings. The summed E-state index contributed by atoms with van der Waals surface area (Å²) in [7, 11) is 2.45. The fourth-order valence-corrected chi connectivity index (χ4v) is 5.95. The number of cyclic esters (lactones) is 2. The van der Waals surface area contributed by atoms with E-state index in [4.69, 9.17) is 18.9 Å². The molecule has 2 heterocycles. The van der Waals surface area contributed by atoms with Crippen molar-refractivity contribution in [1.82, 2.24) is 0 Å². The largest absolute Gasteiger partial charge is 0.506 e. The Bertz CT molecular complexity index is 1800. The molecule has 3 aromatic rings. The van der Waals surface area contributed by atoms with E-state index < -0.39 is 69.9 Å². The van der Waals surface area contributed by atoms with Crippen LogP contribution in [0, 0.1) is 0 Å². The number of fused-ring (bicyclic) bond motifs is 4. The number of aromatic hydroxyl groups is 3. The molecule has 0 aromatic heterocycles. The number of carbonyl (C=O) groups excluding carboxylic acids is 4. The number of benzene rings is 3. The third kappa shape index (κ3) is 3.58. The number of carbonyl (C=O) groups is 4. The summed E-state index contributed by atoms with van der Waals surface area (Å²) >= 11 is 0. The van der Waals surface area contributed by atoms with E-state index in [0.717, 1.165) is 0 Å². The van der Waals surface area contributed by atoms with Crippen molar-refractivity contribution in [1.29, 1.82) is 0 Å². The molecular formula is C30H24O11. The Morgan fingerprint density at radius 1 is 0.707 bits per heavy atom. The van der Waals surface area contributed by atoms with Crippen molar-refractivity contribution in [2.75, 3.05) is 14.2 Å². The Balaban J connectivity index is 1.65. The van der Waals surface area contributed by atoms with Gasteiger partial charge in [0, 0.05) is 18.4 Å². The van der Waals surface area contributed by atoms with Gasteiger partial charge >= 0.3 is 11.9 Å². The molecular weight excluding hydrogens is 536 g/mol. The topological polar surface area (TPSA) is 166 Å². The van der Waals surface area contributed by atoms with Crippen LogP contribution in [0.4, 0.5) is 0 Å². The third-order valence-corrected chi connectivity index (χ3v) is 7.65. The van der Waals surface area contributed by atoms with E-state index in [1.54, 1.807) is 19.9 Å². The average molecular weight is 561 g/mol. The van der Waals surface area contributed by atoms with Crippen molar-refractivity contribution < 1.29 is 53.4 Å². The summed E-state index contributed by atoms with van der Waals surface area (Å²) in [6.07, 6.45) is -0.400. The molecule has 2 atom stereocenters. The Morgan fingerprint density at radius 2 is 1.27 bits per heavy atom. The highest BCUT2D eigenvalue weighted by Crippen LogP contribution is 2.50. The van der Waals surface area contributed by atoms with Crippen LogP contribution in [-0.2, 0) is 27.1 Å². The van der Waals surface area contributed by atoms with Crippen molar-refractivity contribution in [3.8, 4) is 23.0 Å². The summed E-state index contributed by atoms with van der Waals surface area (Å²) in [5, 5.41) is 33.9. The highest BCUT2D eigenvalue weighted by Gasteiger charge is 2.43. The highest BCUT2D eigenvalue weighted by molar-refractivity contribution is 6.42. The van der Waals surface area contributed by atoms with Crippen LogP contribution in [0.25, 0.3) is 16.3 Å². The summed E-state index contributed by atoms with van der Waals surface area (Å²) < 4.78 is 21.4. The minimum atomic E-state index is -0.943. The number of esters is 2. The fraction of sp³-hybridized carbons (Fsp3) is 0.267. The van der Waals surface area contributed by atoms with Crippen LogP contribution in [0.15, 0.2) is 24.0 Å². The molecule has 0 bridgehead atoms. The normalized spacial score (nSPS) is 19.8. The lowest BCUT2D eigenvalue weighted by molar-refractivity contribution is 0.0286. The summed E-state index contributed by atoms with van der Waals surface area (Å²) in [6.45, 7) is 3.36. The first-order chi connectivity index (χ1) is 19.5. The second-order valence-corrected chi connectivity index (χ2v) is 10.2. The van der Waals surface area contributed by atoms with Gasteiger partial charge in [-0.05, 0) is 48.6 Å². The van der Waals surface area contributed by atoms with E-state index >= 15 is 0 Å². The predicted octanol–water partition coefficient (Wildman–Crippen LogP) is 3.60. The lowest BCUT2D eigenvalue weighted by Crippen LogP contribution is -2.29. The molecule has 210 valence electrons. The number of methoxy groups -OCH3 is 2. The summed E-state index contributed by atoms with van der Waals surface area (Å²) in [4.78, 5) is 53.0. The van der Waals surface area contributed by atoms with Gasteiger partial charge in [0.25, 0.3) is 0 Å². The third-order valence-electron chi connectivity index (χ3n) is 7.65. The number of phenols is 3. The SMILES string of the molecule is COC1=C(c2c(OC)cc3cc4c(c(O)c3c2O)C(=O)O[C@@H](C)C4)C(=O)c2c(cc3c(c2O)C(=O)O[C@@H](C)C3)C1=O. The molecule has 11 heteroatoms. The maximum absolute atomic E-state index is 14.1. The van der Waals surface area contributed by atoms with E-state index in [-0.39, 0.29) is 39.8 Å². The maximum atomic E-state index is 14.1. The number of ether oxygens (including phenoxy) is 4. The quantitative estimate of drug-likeness (QED) is 0.401. The van der Waals surface area contributed by atoms with Crippen molar-refractivity contribution >= 4 is 39.9 Å². The zero-order valence-electron chi connectivity index (χ0n) is 22.4. The molecule has 3 aromatic carbocycles. The van der Waals surface area contributed by atoms with E-state index in [1.807, 2.05) is 0 Å². The molecule has 0 radical (unpaired) electrons. The van der Waals surface area contributed by atoms with Crippen molar-refractivity contribution in [2.24, 2.45) is 0 Å². The second-order valence-electron chi connectivity index (χ2n) is 10.2. The number of hydrogen-bond donors (Lipinski definition) is 3. The molecule has 3 aliphatic rings. The smallest absolute Gasteiger partial charge is 0.342 e. The van der Waals surface area contributed by atoms with Crippen LogP contribution >= 0.6 is 0 Å². The van der Waals surface area contributed by atoms with Gasteiger partial charge in [-0.1, -0.05) is 0 Å². The molecule has 41 heavy (non-hydrogen) atoms. The summed E-state index contributed by atoms with van der Waals surface area (Å²) in [6, 6.07) is 4.40. The van der Waals surface area contributed by atoms with Gasteiger partial charge in [0.15, 0.2) is 5.76 Å². The van der Waals surface area contributed by atoms with E-state index in [2.05, 4.69) is 0 Å². The highest BCUT2D eigenvalue weighted by atomic mass is 16.5. The average Bonchev–Trinajstić information content (AvgIpc) is 2.89. The lowest BCUT2D eigenvalue weighted by Gasteiger charge is -2.28. The Morgan fingerprint density at radius 3 is 1.85 bits per heavy atom. The molecule has 11 nitrogen and oxygen atoms in total. The fourth-order valence-electron chi connectivity index (χ4n) is 5.95. The first kappa shape index (κ1) is 26.2. The van der Waals surface area contributed by atoms with E-state index in [9.17, 15) is 34.5 Å². The van der Waals surface area contributed by atoms with Crippen LogP contribution in [0.2, 0.25) is 0 Å². The molecule has 0 saturated heterocycles. The molecule has 0 saturated carbocycles. The van der Waals surface area contributed by atoms with Gasteiger partial charge in [-0.3, -0.25) is 9.59 Å². The number of ketones is 2. The molecule has 1 aliphatic carbocycles. The van der Waals surface area contributed by atoms with Gasteiger partial charge in [-0.2, -0.15) is 0 Å². The lowest BCUT2D eigenvalue weighted by atomic mass is 9.80. The van der Waals surface area contributed by atoms with E-state index in [0.29, 0.717) is 22.9 Å². The monoisotopic (exact) mass is 560 g/mol. The predicted molar refractivity (Wildman–Crippen MR) is 142 cm³/mol. The van der Waals surface area contributed by atoms with Crippen molar-refractivity contribution in [3.05, 3.63) is 62.9 Å². The number of phenolic OH excluding ortho intramolecular Hbond substituents is 3. The van der Waals surface area contributed by atoms with Gasteiger partial charge in [0.1, 0.15) is 46.3 Å². The molecule has 2 aliphatic heterocycles. The molecule has 0 amide bonds. The molecule has 6 rings (SSSR count). The number of Topliss-reactive ketones (excluding diaryl/α,β-unsaturated/α-hetero) is 2. The van der Waals surface area contributed by atoms with Crippen molar-refractivity contribution in [3.63, 3.8) is 0 Å². The second kappa shape index (κ2) is 8.98. The van der Waals surface area contributed by atoms with Crippen LogP contribution in [0.1, 0.15) is 72.0 Å². The Kier molecular flexibility index (Phi) is 5.73. The Hall–Kier alpha value is -5.06. The molecule has 3 N–H and O–H groups in total. The van der Waals surface area contributed by atoms with Crippen molar-refractivity contribution in [2.45, 2.75) is 38.9 Å². The minimum absolute atomic E-state index is 0.0550. The van der Waals surface area contributed by atoms with Crippen LogP contribution < -0.4 is 4.74 Å². The van der Waals surface area contributed by atoms with Crippen LogP contribution in [0.3, 0.4) is 0 Å². The first-order valence-corrected chi connectivity index (χ1v) is 12.8. The standard InChI is InChI=1S/C30H24O11/c1-10-5-12-7-14-9-16(38-3)21(25(33)17(14)24(32)18(12)29(36)40-10)22-27(35)20-15(23(31)28(22)39-4)8-13-6-11(2)41-30(37)19(13)26(20)34/h7-11,32-34H,5-6H2,1-4H3/t10-,11-/m0/s1. The number of allylic oxidation sites excluding steroid dienone is 2. The van der Waals surface area contributed by atoms with Gasteiger partial charge in [0.2, 0.25) is 11.6 Å². The van der Waals surface area contributed by atoms with Gasteiger partial charge in [-0.15, -0.1) is 0 Å². The maximum Gasteiger partial charge on any atom is 0.342 e. The minimum Gasteiger partial charge on any atom is -0.506 e. The summed E-state index contributed by atoms with van der Waals surface area (Å²) in [5.41, 5.74) is -0.951. The Labute approximate surface area is 232 Å². The summed E-state index contributed by atoms with van der Waals surface area (Å²) in [5.74, 6) is -5.83. The van der Waals surface area contributed by atoms with E-state index in [1.165, 1.54) is 26.4 Å². The molecule has 0 spiro atoms. The van der Waals surface area contributed by atoms with Gasteiger partial charge in [0.05, 0.1) is 36.3 Å². The zero-order valence-corrected chi connectivity index (χ0v) is 22.4. The van der Waals surface area contributed by atoms with Gasteiger partial charge < -0.3 is 34.3 Å². The van der Waals surface area contributed by atoms with Crippen LogP contribution in [0.5, 0.6) is 23.0 Å². The zero-order chi connectivity index (χ0) is 29.5. The number of rotatable bonds is 3. The van der Waals surface area contributed by atoms with Crippen LogP contribution in [-0.4, -0.2) is 65.3 Å².